The largest absolute Gasteiger partial charge is 0.394 e. The van der Waals surface area contributed by atoms with Crippen molar-refractivity contribution in [2.24, 2.45) is 0 Å². The van der Waals surface area contributed by atoms with Crippen LogP contribution < -0.4 is 5.32 Å². The molecule has 0 spiro atoms. The highest BCUT2D eigenvalue weighted by Gasteiger charge is 2.20. The Hall–Kier alpha value is -1.43. The van der Waals surface area contributed by atoms with Crippen molar-refractivity contribution < 1.29 is 20.1 Å². The van der Waals surface area contributed by atoms with E-state index in [1.165, 1.54) is 161 Å². The molecule has 0 aliphatic heterocycles. The Balaban J connectivity index is 3.61. The molecule has 0 fully saturated rings. The molecule has 0 rings (SSSR count). The number of aliphatic hydroxyl groups is 3. The zero-order chi connectivity index (χ0) is 36.6. The summed E-state index contributed by atoms with van der Waals surface area (Å²) >= 11 is 0. The van der Waals surface area contributed by atoms with E-state index in [2.05, 4.69) is 43.5 Å². The van der Waals surface area contributed by atoms with E-state index in [9.17, 15) is 20.1 Å². The number of rotatable bonds is 39. The molecule has 294 valence electrons. The Morgan fingerprint density at radius 1 is 0.520 bits per heavy atom. The molecule has 0 aliphatic rings. The number of hydrogen-bond donors (Lipinski definition) is 4. The predicted octanol–water partition coefficient (Wildman–Crippen LogP) is 12.4. The van der Waals surface area contributed by atoms with Gasteiger partial charge in [0.15, 0.2) is 0 Å². The maximum absolute atomic E-state index is 12.4. The molecule has 0 radical (unpaired) electrons. The molecule has 0 aromatic rings. The average Bonchev–Trinajstić information content (AvgIpc) is 3.11. The second-order valence-corrected chi connectivity index (χ2v) is 15.0. The third-order valence-electron chi connectivity index (χ3n) is 9.92. The summed E-state index contributed by atoms with van der Waals surface area (Å²) < 4.78 is 0. The molecule has 1 amide bonds. The van der Waals surface area contributed by atoms with Crippen LogP contribution in [0.25, 0.3) is 0 Å². The van der Waals surface area contributed by atoms with E-state index in [0.717, 1.165) is 32.1 Å². The fourth-order valence-electron chi connectivity index (χ4n) is 6.55. The minimum Gasteiger partial charge on any atom is -0.394 e. The van der Waals surface area contributed by atoms with Gasteiger partial charge in [0.2, 0.25) is 5.91 Å². The third kappa shape index (κ3) is 36.4. The zero-order valence-electron chi connectivity index (χ0n) is 33.3. The zero-order valence-corrected chi connectivity index (χ0v) is 33.3. The maximum atomic E-state index is 12.4. The van der Waals surface area contributed by atoms with E-state index in [1.807, 2.05) is 6.08 Å². The van der Waals surface area contributed by atoms with Crippen LogP contribution >= 0.6 is 0 Å². The normalized spacial score (nSPS) is 13.9. The molecule has 0 saturated carbocycles. The Kier molecular flexibility index (Phi) is 39.2. The fourth-order valence-corrected chi connectivity index (χ4v) is 6.55. The van der Waals surface area contributed by atoms with Gasteiger partial charge in [-0.3, -0.25) is 4.79 Å². The van der Waals surface area contributed by atoms with Crippen LogP contribution in [0.15, 0.2) is 36.5 Å². The Morgan fingerprint density at radius 2 is 0.900 bits per heavy atom. The van der Waals surface area contributed by atoms with E-state index in [1.54, 1.807) is 6.08 Å². The van der Waals surface area contributed by atoms with Gasteiger partial charge in [0.05, 0.1) is 31.3 Å². The number of unbranched alkanes of at least 4 members (excludes halogenated alkanes) is 26. The Morgan fingerprint density at radius 3 is 1.32 bits per heavy atom. The molecule has 3 atom stereocenters. The standard InChI is InChI=1S/C45H85NO4/c1-3-5-7-9-11-13-15-16-17-18-19-20-21-22-23-24-25-26-27-28-29-30-32-34-36-38-42(48)40-45(50)46-43(41-47)44(49)39-37-35-33-31-14-12-10-8-6-4-2/h19-20,22-23,37,39,42-44,47-49H,3-18,21,24-36,38,40-41H2,1-2H3,(H,46,50)/b20-19-,23-22-,39-37+. The Bertz CT molecular complexity index is 779. The summed E-state index contributed by atoms with van der Waals surface area (Å²) in [5, 5.41) is 33.1. The Labute approximate surface area is 311 Å². The minimum atomic E-state index is -0.927. The molecule has 50 heavy (non-hydrogen) atoms. The molecular formula is C45H85NO4. The first-order chi connectivity index (χ1) is 24.5. The van der Waals surface area contributed by atoms with Crippen LogP contribution in [0.2, 0.25) is 0 Å². The number of allylic oxidation sites excluding steroid dienone is 5. The number of carbonyl (C=O) groups excluding carboxylic acids is 1. The van der Waals surface area contributed by atoms with E-state index < -0.39 is 18.2 Å². The van der Waals surface area contributed by atoms with Gasteiger partial charge in [0.1, 0.15) is 0 Å². The minimum absolute atomic E-state index is 0.0104. The van der Waals surface area contributed by atoms with Gasteiger partial charge in [-0.25, -0.2) is 0 Å². The maximum Gasteiger partial charge on any atom is 0.222 e. The van der Waals surface area contributed by atoms with Gasteiger partial charge in [-0.05, 0) is 51.4 Å². The topological polar surface area (TPSA) is 89.8 Å². The molecule has 0 bridgehead atoms. The van der Waals surface area contributed by atoms with Gasteiger partial charge in [-0.1, -0.05) is 198 Å². The van der Waals surface area contributed by atoms with Crippen LogP contribution in [-0.4, -0.2) is 46.1 Å². The van der Waals surface area contributed by atoms with Gasteiger partial charge < -0.3 is 20.6 Å². The summed E-state index contributed by atoms with van der Waals surface area (Å²) in [6.07, 6.45) is 50.1. The molecule has 3 unspecified atom stereocenters. The highest BCUT2D eigenvalue weighted by atomic mass is 16.3. The summed E-state index contributed by atoms with van der Waals surface area (Å²) in [6.45, 7) is 4.19. The first-order valence-electron chi connectivity index (χ1n) is 21.8. The molecule has 4 N–H and O–H groups in total. The van der Waals surface area contributed by atoms with Crippen LogP contribution in [-0.2, 0) is 4.79 Å². The van der Waals surface area contributed by atoms with E-state index in [4.69, 9.17) is 0 Å². The molecular weight excluding hydrogens is 618 g/mol. The summed E-state index contributed by atoms with van der Waals surface area (Å²) in [4.78, 5) is 12.4. The van der Waals surface area contributed by atoms with Crippen molar-refractivity contribution >= 4 is 5.91 Å². The summed E-state index contributed by atoms with van der Waals surface area (Å²) in [5.74, 6) is -0.320. The van der Waals surface area contributed by atoms with Gasteiger partial charge in [0, 0.05) is 0 Å². The highest BCUT2D eigenvalue weighted by molar-refractivity contribution is 5.76. The van der Waals surface area contributed by atoms with Crippen LogP contribution in [0.3, 0.4) is 0 Å². The lowest BCUT2D eigenvalue weighted by molar-refractivity contribution is -0.124. The molecule has 0 aromatic heterocycles. The first-order valence-corrected chi connectivity index (χ1v) is 21.8. The van der Waals surface area contributed by atoms with Crippen molar-refractivity contribution in [1.29, 1.82) is 0 Å². The quantitative estimate of drug-likeness (QED) is 0.0379. The lowest BCUT2D eigenvalue weighted by Gasteiger charge is -2.21. The SMILES string of the molecule is CCCCCCCCCC/C=C/C(O)C(CO)NC(=O)CC(O)CCCCCCCCCCC/C=C\C/C=C\CCCCCCCCCCC. The van der Waals surface area contributed by atoms with Gasteiger partial charge in [-0.2, -0.15) is 0 Å². The lowest BCUT2D eigenvalue weighted by Crippen LogP contribution is -2.45. The van der Waals surface area contributed by atoms with Crippen molar-refractivity contribution in [2.75, 3.05) is 6.61 Å². The van der Waals surface area contributed by atoms with E-state index >= 15 is 0 Å². The lowest BCUT2D eigenvalue weighted by atomic mass is 10.0. The smallest absolute Gasteiger partial charge is 0.222 e. The molecule has 0 aromatic carbocycles. The molecule has 0 aliphatic carbocycles. The molecule has 0 heterocycles. The van der Waals surface area contributed by atoms with Crippen LogP contribution in [0.4, 0.5) is 0 Å². The number of aliphatic hydroxyl groups excluding tert-OH is 3. The number of amides is 1. The fraction of sp³-hybridized carbons (Fsp3) is 0.844. The van der Waals surface area contributed by atoms with Gasteiger partial charge in [0.25, 0.3) is 0 Å². The van der Waals surface area contributed by atoms with Crippen molar-refractivity contribution in [2.45, 2.75) is 238 Å². The van der Waals surface area contributed by atoms with E-state index in [0.29, 0.717) is 6.42 Å². The summed E-state index contributed by atoms with van der Waals surface area (Å²) in [7, 11) is 0. The monoisotopic (exact) mass is 704 g/mol. The number of carbonyl (C=O) groups is 1. The van der Waals surface area contributed by atoms with Crippen LogP contribution in [0, 0.1) is 0 Å². The second kappa shape index (κ2) is 40.3. The van der Waals surface area contributed by atoms with Crippen molar-refractivity contribution in [3.05, 3.63) is 36.5 Å². The van der Waals surface area contributed by atoms with Gasteiger partial charge >= 0.3 is 0 Å². The van der Waals surface area contributed by atoms with Crippen molar-refractivity contribution in [3.8, 4) is 0 Å². The first kappa shape index (κ1) is 48.6. The van der Waals surface area contributed by atoms with Crippen LogP contribution in [0.5, 0.6) is 0 Å². The summed E-state index contributed by atoms with van der Waals surface area (Å²) in [6, 6.07) is -0.743. The predicted molar refractivity (Wildman–Crippen MR) is 218 cm³/mol. The third-order valence-corrected chi connectivity index (χ3v) is 9.92. The molecule has 5 nitrogen and oxygen atoms in total. The summed E-state index contributed by atoms with van der Waals surface area (Å²) in [5.41, 5.74) is 0. The number of hydrogen-bond acceptors (Lipinski definition) is 4. The molecule has 0 saturated heterocycles. The van der Waals surface area contributed by atoms with Crippen molar-refractivity contribution in [1.82, 2.24) is 5.32 Å². The second-order valence-electron chi connectivity index (χ2n) is 15.0. The highest BCUT2D eigenvalue weighted by Crippen LogP contribution is 2.15. The average molecular weight is 704 g/mol. The molecule has 5 heteroatoms. The number of nitrogens with one attached hydrogen (secondary N) is 1. The van der Waals surface area contributed by atoms with E-state index in [-0.39, 0.29) is 18.9 Å². The van der Waals surface area contributed by atoms with Gasteiger partial charge in [-0.15, -0.1) is 0 Å². The van der Waals surface area contributed by atoms with Crippen LogP contribution in [0.1, 0.15) is 219 Å². The van der Waals surface area contributed by atoms with Crippen molar-refractivity contribution in [3.63, 3.8) is 0 Å².